The van der Waals surface area contributed by atoms with Gasteiger partial charge in [0.25, 0.3) is 5.91 Å². The van der Waals surface area contributed by atoms with Crippen LogP contribution in [0.4, 0.5) is 0 Å². The Morgan fingerprint density at radius 3 is 2.06 bits per heavy atom. The number of carbonyl (C=O) groups excluding carboxylic acids is 1. The van der Waals surface area contributed by atoms with E-state index in [-0.39, 0.29) is 5.91 Å². The maximum Gasteiger partial charge on any atom is 0.277 e. The van der Waals surface area contributed by atoms with Crippen LogP contribution in [0.2, 0.25) is 0 Å². The highest BCUT2D eigenvalue weighted by Gasteiger charge is 2.14. The SMILES string of the molecule is COc1cc(C(=O)N(C)OC)cc(OC)n1. The van der Waals surface area contributed by atoms with Crippen molar-refractivity contribution in [3.63, 3.8) is 0 Å². The second kappa shape index (κ2) is 5.32. The summed E-state index contributed by atoms with van der Waals surface area (Å²) in [7, 11) is 5.86. The van der Waals surface area contributed by atoms with E-state index in [1.165, 1.54) is 40.5 Å². The number of hydrogen-bond acceptors (Lipinski definition) is 5. The van der Waals surface area contributed by atoms with Gasteiger partial charge in [-0.3, -0.25) is 9.63 Å². The first-order valence-corrected chi connectivity index (χ1v) is 4.54. The third-order valence-corrected chi connectivity index (χ3v) is 2.00. The summed E-state index contributed by atoms with van der Waals surface area (Å²) >= 11 is 0. The van der Waals surface area contributed by atoms with Crippen LogP contribution in [0.1, 0.15) is 10.4 Å². The predicted octanol–water partition coefficient (Wildman–Crippen LogP) is 0.732. The van der Waals surface area contributed by atoms with Gasteiger partial charge in [0, 0.05) is 19.2 Å². The van der Waals surface area contributed by atoms with Gasteiger partial charge < -0.3 is 9.47 Å². The molecule has 88 valence electrons. The van der Waals surface area contributed by atoms with Gasteiger partial charge in [-0.05, 0) is 0 Å². The fourth-order valence-corrected chi connectivity index (χ4v) is 1.08. The second-order valence-electron chi connectivity index (χ2n) is 2.93. The highest BCUT2D eigenvalue weighted by atomic mass is 16.7. The molecule has 0 fully saturated rings. The maximum absolute atomic E-state index is 11.8. The summed E-state index contributed by atoms with van der Waals surface area (Å²) in [5, 5.41) is 1.11. The van der Waals surface area contributed by atoms with E-state index in [4.69, 9.17) is 14.3 Å². The molecule has 0 aliphatic rings. The number of hydroxylamine groups is 2. The van der Waals surface area contributed by atoms with E-state index in [9.17, 15) is 4.79 Å². The lowest BCUT2D eigenvalue weighted by Gasteiger charge is -2.14. The van der Waals surface area contributed by atoms with E-state index in [1.807, 2.05) is 0 Å². The Balaban J connectivity index is 3.07. The lowest BCUT2D eigenvalue weighted by Crippen LogP contribution is -2.25. The largest absolute Gasteiger partial charge is 0.481 e. The van der Waals surface area contributed by atoms with Gasteiger partial charge in [-0.15, -0.1) is 0 Å². The molecule has 0 bridgehead atoms. The first-order valence-electron chi connectivity index (χ1n) is 4.54. The Hall–Kier alpha value is -1.82. The van der Waals surface area contributed by atoms with Crippen LogP contribution < -0.4 is 9.47 Å². The van der Waals surface area contributed by atoms with Gasteiger partial charge in [0.05, 0.1) is 26.9 Å². The molecule has 1 heterocycles. The van der Waals surface area contributed by atoms with Gasteiger partial charge in [0.15, 0.2) is 0 Å². The number of rotatable bonds is 4. The van der Waals surface area contributed by atoms with Crippen LogP contribution in [0.15, 0.2) is 12.1 Å². The predicted molar refractivity (Wildman–Crippen MR) is 56.4 cm³/mol. The van der Waals surface area contributed by atoms with E-state index in [0.717, 1.165) is 5.06 Å². The third-order valence-electron chi connectivity index (χ3n) is 2.00. The first-order chi connectivity index (χ1) is 7.62. The normalized spacial score (nSPS) is 9.75. The van der Waals surface area contributed by atoms with E-state index >= 15 is 0 Å². The molecular formula is C10H14N2O4. The topological polar surface area (TPSA) is 60.9 Å². The summed E-state index contributed by atoms with van der Waals surface area (Å²) < 4.78 is 9.92. The maximum atomic E-state index is 11.8. The summed E-state index contributed by atoms with van der Waals surface area (Å²) in [6, 6.07) is 3.03. The Kier molecular flexibility index (Phi) is 4.07. The Morgan fingerprint density at radius 1 is 1.19 bits per heavy atom. The Bertz CT molecular complexity index is 359. The van der Waals surface area contributed by atoms with Crippen LogP contribution in [0.5, 0.6) is 11.8 Å². The van der Waals surface area contributed by atoms with Gasteiger partial charge >= 0.3 is 0 Å². The minimum Gasteiger partial charge on any atom is -0.481 e. The average Bonchev–Trinajstić information content (AvgIpc) is 2.35. The summed E-state index contributed by atoms with van der Waals surface area (Å²) in [5.41, 5.74) is 0.382. The summed E-state index contributed by atoms with van der Waals surface area (Å²) in [6.45, 7) is 0. The van der Waals surface area contributed by atoms with Gasteiger partial charge in [0.2, 0.25) is 11.8 Å². The van der Waals surface area contributed by atoms with Crippen LogP contribution in [0, 0.1) is 0 Å². The highest BCUT2D eigenvalue weighted by Crippen LogP contribution is 2.18. The van der Waals surface area contributed by atoms with Crippen molar-refractivity contribution >= 4 is 5.91 Å². The molecule has 6 heteroatoms. The first kappa shape index (κ1) is 12.3. The number of nitrogens with zero attached hydrogens (tertiary/aromatic N) is 2. The quantitative estimate of drug-likeness (QED) is 0.708. The zero-order valence-electron chi connectivity index (χ0n) is 9.68. The molecule has 0 radical (unpaired) electrons. The standard InChI is InChI=1S/C10H14N2O4/c1-12(16-4)10(13)7-5-8(14-2)11-9(6-7)15-3/h5-6H,1-4H3. The van der Waals surface area contributed by atoms with Crippen molar-refractivity contribution in [2.45, 2.75) is 0 Å². The van der Waals surface area contributed by atoms with Crippen LogP contribution in [-0.2, 0) is 4.84 Å². The number of pyridine rings is 1. The summed E-state index contributed by atoms with van der Waals surface area (Å²) in [4.78, 5) is 20.6. The fraction of sp³-hybridized carbons (Fsp3) is 0.400. The van der Waals surface area contributed by atoms with E-state index in [1.54, 1.807) is 0 Å². The van der Waals surface area contributed by atoms with Crippen molar-refractivity contribution in [2.24, 2.45) is 0 Å². The molecule has 0 saturated carbocycles. The molecular weight excluding hydrogens is 212 g/mol. The molecule has 0 aliphatic carbocycles. The molecule has 0 saturated heterocycles. The van der Waals surface area contributed by atoms with Crippen molar-refractivity contribution in [3.8, 4) is 11.8 Å². The minimum absolute atomic E-state index is 0.304. The van der Waals surface area contributed by atoms with E-state index < -0.39 is 0 Å². The summed E-state index contributed by atoms with van der Waals surface area (Å²) in [5.74, 6) is 0.320. The zero-order valence-corrected chi connectivity index (χ0v) is 9.68. The smallest absolute Gasteiger partial charge is 0.277 e. The minimum atomic E-state index is -0.304. The number of amides is 1. The Morgan fingerprint density at radius 2 is 1.69 bits per heavy atom. The molecule has 16 heavy (non-hydrogen) atoms. The fourth-order valence-electron chi connectivity index (χ4n) is 1.08. The van der Waals surface area contributed by atoms with E-state index in [0.29, 0.717) is 17.3 Å². The number of hydrogen-bond donors (Lipinski definition) is 0. The summed E-state index contributed by atoms with van der Waals surface area (Å²) in [6.07, 6.45) is 0. The van der Waals surface area contributed by atoms with Crippen molar-refractivity contribution in [1.82, 2.24) is 10.0 Å². The molecule has 1 amide bonds. The van der Waals surface area contributed by atoms with Gasteiger partial charge in [0.1, 0.15) is 0 Å². The van der Waals surface area contributed by atoms with Crippen LogP contribution in [0.25, 0.3) is 0 Å². The number of aromatic nitrogens is 1. The average molecular weight is 226 g/mol. The molecule has 0 spiro atoms. The molecule has 0 unspecified atom stereocenters. The van der Waals surface area contributed by atoms with Crippen molar-refractivity contribution in [3.05, 3.63) is 17.7 Å². The van der Waals surface area contributed by atoms with Gasteiger partial charge in [-0.25, -0.2) is 5.06 Å². The molecule has 6 nitrogen and oxygen atoms in total. The molecule has 1 aromatic heterocycles. The van der Waals surface area contributed by atoms with Crippen LogP contribution in [-0.4, -0.2) is 44.3 Å². The van der Waals surface area contributed by atoms with Crippen molar-refractivity contribution < 1.29 is 19.1 Å². The zero-order chi connectivity index (χ0) is 12.1. The number of ether oxygens (including phenoxy) is 2. The van der Waals surface area contributed by atoms with Crippen LogP contribution >= 0.6 is 0 Å². The van der Waals surface area contributed by atoms with Crippen molar-refractivity contribution in [2.75, 3.05) is 28.4 Å². The number of methoxy groups -OCH3 is 2. The highest BCUT2D eigenvalue weighted by molar-refractivity contribution is 5.93. The van der Waals surface area contributed by atoms with Crippen molar-refractivity contribution in [1.29, 1.82) is 0 Å². The lowest BCUT2D eigenvalue weighted by atomic mass is 10.2. The monoisotopic (exact) mass is 226 g/mol. The molecule has 0 N–H and O–H groups in total. The van der Waals surface area contributed by atoms with Gasteiger partial charge in [-0.1, -0.05) is 0 Å². The lowest BCUT2D eigenvalue weighted by molar-refractivity contribution is -0.0757. The third kappa shape index (κ3) is 2.60. The number of carbonyl (C=O) groups is 1. The van der Waals surface area contributed by atoms with E-state index in [2.05, 4.69) is 4.98 Å². The molecule has 1 aromatic rings. The van der Waals surface area contributed by atoms with Crippen LogP contribution in [0.3, 0.4) is 0 Å². The molecule has 0 atom stereocenters. The molecule has 1 rings (SSSR count). The van der Waals surface area contributed by atoms with Gasteiger partial charge in [-0.2, -0.15) is 4.98 Å². The second-order valence-corrected chi connectivity index (χ2v) is 2.93. The Labute approximate surface area is 93.7 Å². The molecule has 0 aromatic carbocycles. The molecule has 0 aliphatic heterocycles.